The molecule has 2 atom stereocenters. The van der Waals surface area contributed by atoms with Gasteiger partial charge in [0.1, 0.15) is 11.5 Å². The van der Waals surface area contributed by atoms with Gasteiger partial charge < -0.3 is 29.6 Å². The fourth-order valence-corrected chi connectivity index (χ4v) is 5.68. The summed E-state index contributed by atoms with van der Waals surface area (Å²) in [6.45, 7) is 6.05. The summed E-state index contributed by atoms with van der Waals surface area (Å²) in [4.78, 5) is 18.9. The molecule has 8 nitrogen and oxygen atoms in total. The van der Waals surface area contributed by atoms with Crippen molar-refractivity contribution in [1.82, 2.24) is 14.9 Å². The van der Waals surface area contributed by atoms with E-state index in [-0.39, 0.29) is 18.0 Å². The molecule has 2 N–H and O–H groups in total. The SMILES string of the molecule is CCC(=O)Nc1ccc(N2C(=S)N[C@H](c3ccccn3)[C@@H]2c2cc(C)n(-c3ccc(OC)cc3)c2C)cc1OC. The number of ether oxygens (including phenoxy) is 2. The summed E-state index contributed by atoms with van der Waals surface area (Å²) in [7, 11) is 3.26. The first-order chi connectivity index (χ1) is 19.4. The molecule has 2 aromatic heterocycles. The number of carbonyl (C=O) groups is 1. The van der Waals surface area contributed by atoms with Gasteiger partial charge in [-0.2, -0.15) is 0 Å². The van der Waals surface area contributed by atoms with Crippen molar-refractivity contribution in [3.05, 3.63) is 95.6 Å². The maximum Gasteiger partial charge on any atom is 0.224 e. The number of nitrogens with one attached hydrogen (secondary N) is 2. The summed E-state index contributed by atoms with van der Waals surface area (Å²) in [5.41, 5.74) is 6.74. The zero-order valence-corrected chi connectivity index (χ0v) is 24.1. The molecule has 1 saturated heterocycles. The fraction of sp³-hybridized carbons (Fsp3) is 0.258. The highest BCUT2D eigenvalue weighted by atomic mass is 32.1. The van der Waals surface area contributed by atoms with Crippen LogP contribution in [0.25, 0.3) is 5.69 Å². The summed E-state index contributed by atoms with van der Waals surface area (Å²) in [5, 5.41) is 7.03. The van der Waals surface area contributed by atoms with Gasteiger partial charge in [0.05, 0.1) is 37.7 Å². The van der Waals surface area contributed by atoms with E-state index in [1.807, 2.05) is 55.5 Å². The predicted octanol–water partition coefficient (Wildman–Crippen LogP) is 6.03. The molecule has 206 valence electrons. The molecule has 0 radical (unpaired) electrons. The fourth-order valence-electron chi connectivity index (χ4n) is 5.34. The van der Waals surface area contributed by atoms with Crippen LogP contribution in [0.4, 0.5) is 11.4 Å². The van der Waals surface area contributed by atoms with E-state index in [0.717, 1.165) is 39.8 Å². The number of thiocarbonyl (C=S) groups is 1. The molecule has 0 spiro atoms. The quantitative estimate of drug-likeness (QED) is 0.257. The smallest absolute Gasteiger partial charge is 0.224 e. The Kier molecular flexibility index (Phi) is 7.75. The molecule has 0 aliphatic carbocycles. The highest BCUT2D eigenvalue weighted by molar-refractivity contribution is 7.80. The third-order valence-corrected chi connectivity index (χ3v) is 7.59. The van der Waals surface area contributed by atoms with Crippen molar-refractivity contribution in [3.63, 3.8) is 0 Å². The Morgan fingerprint density at radius 3 is 2.42 bits per heavy atom. The summed E-state index contributed by atoms with van der Waals surface area (Å²) in [6.07, 6.45) is 2.18. The summed E-state index contributed by atoms with van der Waals surface area (Å²) in [6, 6.07) is 21.5. The van der Waals surface area contributed by atoms with Crippen LogP contribution < -0.4 is 25.0 Å². The number of pyridine rings is 1. The number of methoxy groups -OCH3 is 2. The van der Waals surface area contributed by atoms with Crippen LogP contribution in [0.15, 0.2) is 72.9 Å². The van der Waals surface area contributed by atoms with Crippen LogP contribution in [-0.2, 0) is 4.79 Å². The summed E-state index contributed by atoms with van der Waals surface area (Å²) >= 11 is 5.94. The van der Waals surface area contributed by atoms with Gasteiger partial charge in [0.2, 0.25) is 5.91 Å². The van der Waals surface area contributed by atoms with E-state index in [0.29, 0.717) is 23.0 Å². The van der Waals surface area contributed by atoms with Crippen molar-refractivity contribution >= 4 is 34.6 Å². The van der Waals surface area contributed by atoms with Gasteiger partial charge in [0, 0.05) is 41.4 Å². The molecule has 2 aromatic carbocycles. The van der Waals surface area contributed by atoms with E-state index in [4.69, 9.17) is 21.7 Å². The van der Waals surface area contributed by atoms with Crippen LogP contribution >= 0.6 is 12.2 Å². The van der Waals surface area contributed by atoms with Gasteiger partial charge in [0.15, 0.2) is 5.11 Å². The minimum absolute atomic E-state index is 0.0801. The maximum absolute atomic E-state index is 12.1. The molecular weight excluding hydrogens is 522 g/mol. The predicted molar refractivity (Wildman–Crippen MR) is 162 cm³/mol. The average Bonchev–Trinajstić information content (AvgIpc) is 3.48. The lowest BCUT2D eigenvalue weighted by Gasteiger charge is -2.29. The van der Waals surface area contributed by atoms with Crippen LogP contribution in [0.5, 0.6) is 11.5 Å². The van der Waals surface area contributed by atoms with Crippen LogP contribution in [0.1, 0.15) is 48.1 Å². The number of rotatable bonds is 8. The molecule has 9 heteroatoms. The van der Waals surface area contributed by atoms with Gasteiger partial charge in [-0.25, -0.2) is 0 Å². The van der Waals surface area contributed by atoms with Crippen molar-refractivity contribution in [2.75, 3.05) is 24.4 Å². The second-order valence-electron chi connectivity index (χ2n) is 9.64. The van der Waals surface area contributed by atoms with Crippen molar-refractivity contribution in [2.24, 2.45) is 0 Å². The number of nitrogens with zero attached hydrogens (tertiary/aromatic N) is 3. The Labute approximate surface area is 239 Å². The van der Waals surface area contributed by atoms with Crippen LogP contribution in [0.2, 0.25) is 0 Å². The first-order valence-electron chi connectivity index (χ1n) is 13.2. The molecule has 5 rings (SSSR count). The molecular formula is C31H33N5O3S. The topological polar surface area (TPSA) is 80.7 Å². The lowest BCUT2D eigenvalue weighted by atomic mass is 9.96. The second kappa shape index (κ2) is 11.4. The minimum atomic E-state index is -0.193. The summed E-state index contributed by atoms with van der Waals surface area (Å²) < 4.78 is 13.3. The molecule has 1 fully saturated rings. The molecule has 1 amide bonds. The Balaban J connectivity index is 1.63. The normalized spacial score (nSPS) is 16.5. The second-order valence-corrected chi connectivity index (χ2v) is 10.0. The van der Waals surface area contributed by atoms with Gasteiger partial charge in [-0.15, -0.1) is 0 Å². The Morgan fingerprint density at radius 2 is 1.77 bits per heavy atom. The summed E-state index contributed by atoms with van der Waals surface area (Å²) in [5.74, 6) is 1.29. The van der Waals surface area contributed by atoms with E-state index >= 15 is 0 Å². The molecule has 3 heterocycles. The number of anilines is 2. The van der Waals surface area contributed by atoms with Crippen molar-refractivity contribution < 1.29 is 14.3 Å². The van der Waals surface area contributed by atoms with Crippen molar-refractivity contribution in [2.45, 2.75) is 39.3 Å². The van der Waals surface area contributed by atoms with Crippen LogP contribution in [0.3, 0.4) is 0 Å². The monoisotopic (exact) mass is 555 g/mol. The van der Waals surface area contributed by atoms with E-state index in [1.54, 1.807) is 20.4 Å². The molecule has 0 unspecified atom stereocenters. The van der Waals surface area contributed by atoms with E-state index < -0.39 is 0 Å². The minimum Gasteiger partial charge on any atom is -0.497 e. The number of hydrogen-bond donors (Lipinski definition) is 2. The van der Waals surface area contributed by atoms with Crippen LogP contribution in [-0.4, -0.2) is 34.8 Å². The third kappa shape index (κ3) is 5.00. The number of amides is 1. The standard InChI is InChI=1S/C31H33N5O3S/c1-6-28(37)33-25-15-12-22(18-27(25)39-5)36-30(29(34-31(36)40)26-9-7-8-16-32-26)24-17-19(2)35(20(24)3)21-10-13-23(38-4)14-11-21/h7-18,29-30H,6H2,1-5H3,(H,33,37)(H,34,40)/t29-,30+/m1/s1. The molecule has 0 bridgehead atoms. The van der Waals surface area contributed by atoms with Crippen molar-refractivity contribution in [3.8, 4) is 17.2 Å². The molecule has 40 heavy (non-hydrogen) atoms. The van der Waals surface area contributed by atoms with Crippen LogP contribution in [0, 0.1) is 13.8 Å². The number of benzene rings is 2. The maximum atomic E-state index is 12.1. The number of aryl methyl sites for hydroxylation is 1. The van der Waals surface area contributed by atoms with Gasteiger partial charge in [-0.3, -0.25) is 9.78 Å². The molecule has 4 aromatic rings. The zero-order chi connectivity index (χ0) is 28.4. The van der Waals surface area contributed by atoms with E-state index in [1.165, 1.54) is 0 Å². The highest BCUT2D eigenvalue weighted by Crippen LogP contribution is 2.45. The van der Waals surface area contributed by atoms with E-state index in [2.05, 4.69) is 57.1 Å². The Bertz CT molecular complexity index is 1530. The lowest BCUT2D eigenvalue weighted by molar-refractivity contribution is -0.115. The van der Waals surface area contributed by atoms with Gasteiger partial charge in [-0.05, 0) is 86.2 Å². The molecule has 1 aliphatic heterocycles. The number of aromatic nitrogens is 2. The highest BCUT2D eigenvalue weighted by Gasteiger charge is 2.42. The van der Waals surface area contributed by atoms with Gasteiger partial charge in [0.25, 0.3) is 0 Å². The first-order valence-corrected chi connectivity index (χ1v) is 13.6. The largest absolute Gasteiger partial charge is 0.497 e. The van der Waals surface area contributed by atoms with Gasteiger partial charge >= 0.3 is 0 Å². The molecule has 1 aliphatic rings. The van der Waals surface area contributed by atoms with Crippen molar-refractivity contribution in [1.29, 1.82) is 0 Å². The van der Waals surface area contributed by atoms with Gasteiger partial charge in [-0.1, -0.05) is 13.0 Å². The molecule has 0 saturated carbocycles. The number of hydrogen-bond acceptors (Lipinski definition) is 5. The number of carbonyl (C=O) groups excluding carboxylic acids is 1. The Morgan fingerprint density at radius 1 is 1.02 bits per heavy atom. The average molecular weight is 556 g/mol. The lowest BCUT2D eigenvalue weighted by Crippen LogP contribution is -2.29. The van der Waals surface area contributed by atoms with E-state index in [9.17, 15) is 4.79 Å². The first kappa shape index (κ1) is 27.2. The zero-order valence-electron chi connectivity index (χ0n) is 23.3. The Hall–Kier alpha value is -4.37. The third-order valence-electron chi connectivity index (χ3n) is 7.28.